The molecule has 0 amide bonds. The molecule has 0 aromatic rings. The van der Waals surface area contributed by atoms with E-state index in [2.05, 4.69) is 20.4 Å². The minimum Gasteiger partial charge on any atom is -0.389 e. The van der Waals surface area contributed by atoms with Gasteiger partial charge in [0.15, 0.2) is 0 Å². The lowest BCUT2D eigenvalue weighted by molar-refractivity contribution is 0.0261. The zero-order chi connectivity index (χ0) is 8.22. The molecule has 2 aliphatic rings. The van der Waals surface area contributed by atoms with Crippen molar-refractivity contribution in [2.45, 2.75) is 32.8 Å². The van der Waals surface area contributed by atoms with Gasteiger partial charge in [0, 0.05) is 0 Å². The fraction of sp³-hybridized carbons (Fsp3) is 0.800. The average Bonchev–Trinajstić information content (AvgIpc) is 2.14. The second kappa shape index (κ2) is 1.89. The number of hydrogen-bond acceptors (Lipinski definition) is 1. The summed E-state index contributed by atoms with van der Waals surface area (Å²) in [5.74, 6) is 1.35. The van der Waals surface area contributed by atoms with E-state index in [-0.39, 0.29) is 6.10 Å². The SMILES string of the molecule is C=C1C(O)CC2C1CC2(C)C. The highest BCUT2D eigenvalue weighted by Gasteiger charge is 2.53. The van der Waals surface area contributed by atoms with Crippen LogP contribution < -0.4 is 0 Å². The quantitative estimate of drug-likeness (QED) is 0.526. The van der Waals surface area contributed by atoms with Crippen molar-refractivity contribution in [2.24, 2.45) is 17.3 Å². The van der Waals surface area contributed by atoms with E-state index in [0.29, 0.717) is 17.3 Å². The van der Waals surface area contributed by atoms with E-state index in [9.17, 15) is 5.11 Å². The van der Waals surface area contributed by atoms with Gasteiger partial charge in [-0.25, -0.2) is 0 Å². The molecule has 1 N–H and O–H groups in total. The Morgan fingerprint density at radius 2 is 2.18 bits per heavy atom. The lowest BCUT2D eigenvalue weighted by atomic mass is 9.56. The van der Waals surface area contributed by atoms with Crippen LogP contribution in [0.1, 0.15) is 26.7 Å². The van der Waals surface area contributed by atoms with Crippen LogP contribution in [0, 0.1) is 17.3 Å². The summed E-state index contributed by atoms with van der Waals surface area (Å²) in [5.41, 5.74) is 1.56. The van der Waals surface area contributed by atoms with E-state index in [4.69, 9.17) is 0 Å². The summed E-state index contributed by atoms with van der Waals surface area (Å²) in [6, 6.07) is 0. The van der Waals surface area contributed by atoms with Crippen LogP contribution >= 0.6 is 0 Å². The lowest BCUT2D eigenvalue weighted by Gasteiger charge is -2.48. The van der Waals surface area contributed by atoms with Gasteiger partial charge in [-0.2, -0.15) is 0 Å². The van der Waals surface area contributed by atoms with Crippen LogP contribution in [-0.2, 0) is 0 Å². The van der Waals surface area contributed by atoms with Gasteiger partial charge >= 0.3 is 0 Å². The standard InChI is InChI=1S/C10H16O/c1-6-7-5-10(2,3)8(7)4-9(6)11/h7-9,11H,1,4-5H2,2-3H3. The summed E-state index contributed by atoms with van der Waals surface area (Å²) < 4.78 is 0. The maximum absolute atomic E-state index is 9.51. The maximum Gasteiger partial charge on any atom is 0.0753 e. The fourth-order valence-corrected chi connectivity index (χ4v) is 2.76. The van der Waals surface area contributed by atoms with Gasteiger partial charge in [-0.3, -0.25) is 0 Å². The highest BCUT2D eigenvalue weighted by atomic mass is 16.3. The zero-order valence-corrected chi connectivity index (χ0v) is 7.30. The fourth-order valence-electron chi connectivity index (χ4n) is 2.76. The Balaban J connectivity index is 2.18. The van der Waals surface area contributed by atoms with Crippen molar-refractivity contribution in [3.8, 4) is 0 Å². The molecule has 0 heterocycles. The monoisotopic (exact) mass is 152 g/mol. The van der Waals surface area contributed by atoms with Gasteiger partial charge in [0.25, 0.3) is 0 Å². The first-order valence-corrected chi connectivity index (χ1v) is 4.39. The molecule has 3 atom stereocenters. The molecule has 1 heteroatoms. The van der Waals surface area contributed by atoms with Crippen molar-refractivity contribution in [1.29, 1.82) is 0 Å². The van der Waals surface area contributed by atoms with E-state index in [1.165, 1.54) is 6.42 Å². The Hall–Kier alpha value is -0.300. The van der Waals surface area contributed by atoms with Crippen molar-refractivity contribution >= 4 is 0 Å². The number of hydrogen-bond donors (Lipinski definition) is 1. The van der Waals surface area contributed by atoms with E-state index in [0.717, 1.165) is 12.0 Å². The summed E-state index contributed by atoms with van der Waals surface area (Å²) in [6.07, 6.45) is 1.98. The van der Waals surface area contributed by atoms with Crippen molar-refractivity contribution in [3.05, 3.63) is 12.2 Å². The molecule has 0 bridgehead atoms. The summed E-state index contributed by atoms with van der Waals surface area (Å²) in [5, 5.41) is 9.51. The molecule has 0 aromatic carbocycles. The third-order valence-electron chi connectivity index (χ3n) is 3.62. The molecule has 2 aliphatic carbocycles. The predicted octanol–water partition coefficient (Wildman–Crippen LogP) is 1.97. The highest BCUT2D eigenvalue weighted by molar-refractivity contribution is 5.23. The third-order valence-corrected chi connectivity index (χ3v) is 3.62. The van der Waals surface area contributed by atoms with Gasteiger partial charge in [-0.1, -0.05) is 20.4 Å². The number of fused-ring (bicyclic) bond motifs is 1. The van der Waals surface area contributed by atoms with Gasteiger partial charge in [0.2, 0.25) is 0 Å². The molecule has 11 heavy (non-hydrogen) atoms. The van der Waals surface area contributed by atoms with Gasteiger partial charge in [0.1, 0.15) is 0 Å². The minimum absolute atomic E-state index is 0.202. The molecule has 2 fully saturated rings. The highest BCUT2D eigenvalue weighted by Crippen LogP contribution is 2.60. The molecule has 2 rings (SSSR count). The normalized spacial score (nSPS) is 46.8. The first-order chi connectivity index (χ1) is 5.02. The molecular weight excluding hydrogens is 136 g/mol. The van der Waals surface area contributed by atoms with E-state index < -0.39 is 0 Å². The molecule has 0 spiro atoms. The minimum atomic E-state index is -0.202. The largest absolute Gasteiger partial charge is 0.389 e. The van der Waals surface area contributed by atoms with Crippen LogP contribution in [-0.4, -0.2) is 11.2 Å². The molecule has 0 saturated heterocycles. The van der Waals surface area contributed by atoms with Gasteiger partial charge in [-0.05, 0) is 35.7 Å². The topological polar surface area (TPSA) is 20.2 Å². The van der Waals surface area contributed by atoms with Crippen molar-refractivity contribution in [3.63, 3.8) is 0 Å². The first kappa shape index (κ1) is 7.35. The van der Waals surface area contributed by atoms with Crippen LogP contribution in [0.3, 0.4) is 0 Å². The maximum atomic E-state index is 9.51. The van der Waals surface area contributed by atoms with Crippen LogP contribution in [0.25, 0.3) is 0 Å². The van der Waals surface area contributed by atoms with E-state index in [1.807, 2.05) is 0 Å². The smallest absolute Gasteiger partial charge is 0.0753 e. The second-order valence-corrected chi connectivity index (χ2v) is 4.73. The number of rotatable bonds is 0. The Kier molecular flexibility index (Phi) is 1.26. The Bertz CT molecular complexity index is 205. The Morgan fingerprint density at radius 1 is 1.55 bits per heavy atom. The molecule has 2 saturated carbocycles. The predicted molar refractivity (Wildman–Crippen MR) is 45.1 cm³/mol. The molecule has 0 aliphatic heterocycles. The van der Waals surface area contributed by atoms with Crippen LogP contribution in [0.15, 0.2) is 12.2 Å². The summed E-state index contributed by atoms with van der Waals surface area (Å²) >= 11 is 0. The number of aliphatic hydroxyl groups excluding tert-OH is 1. The van der Waals surface area contributed by atoms with Gasteiger partial charge < -0.3 is 5.11 Å². The molecular formula is C10H16O. The lowest BCUT2D eigenvalue weighted by Crippen LogP contribution is -2.40. The molecule has 62 valence electrons. The molecule has 0 aromatic heterocycles. The first-order valence-electron chi connectivity index (χ1n) is 4.39. The third kappa shape index (κ3) is 0.807. The van der Waals surface area contributed by atoms with Crippen LogP contribution in [0.4, 0.5) is 0 Å². The van der Waals surface area contributed by atoms with Crippen molar-refractivity contribution in [2.75, 3.05) is 0 Å². The Labute approximate surface area is 68.1 Å². The molecule has 3 unspecified atom stereocenters. The van der Waals surface area contributed by atoms with E-state index >= 15 is 0 Å². The molecule has 1 nitrogen and oxygen atoms in total. The Morgan fingerprint density at radius 3 is 2.55 bits per heavy atom. The van der Waals surface area contributed by atoms with Gasteiger partial charge in [0.05, 0.1) is 6.10 Å². The van der Waals surface area contributed by atoms with Crippen LogP contribution in [0.2, 0.25) is 0 Å². The van der Waals surface area contributed by atoms with Crippen LogP contribution in [0.5, 0.6) is 0 Å². The summed E-state index contributed by atoms with van der Waals surface area (Å²) in [7, 11) is 0. The average molecular weight is 152 g/mol. The van der Waals surface area contributed by atoms with Crippen molar-refractivity contribution < 1.29 is 5.11 Å². The summed E-state index contributed by atoms with van der Waals surface area (Å²) in [6.45, 7) is 8.52. The van der Waals surface area contributed by atoms with E-state index in [1.54, 1.807) is 0 Å². The van der Waals surface area contributed by atoms with Gasteiger partial charge in [-0.15, -0.1) is 0 Å². The second-order valence-electron chi connectivity index (χ2n) is 4.73. The zero-order valence-electron chi connectivity index (χ0n) is 7.30. The number of aliphatic hydroxyl groups is 1. The molecule has 0 radical (unpaired) electrons. The summed E-state index contributed by atoms with van der Waals surface area (Å²) in [4.78, 5) is 0. The van der Waals surface area contributed by atoms with Crippen molar-refractivity contribution in [1.82, 2.24) is 0 Å².